The zero-order valence-electron chi connectivity index (χ0n) is 30.2. The number of ether oxygens (including phenoxy) is 5. The highest BCUT2D eigenvalue weighted by atomic mass is 32.2. The fourth-order valence-corrected chi connectivity index (χ4v) is 7.61. The van der Waals surface area contributed by atoms with Crippen molar-refractivity contribution in [1.82, 2.24) is 10.6 Å². The summed E-state index contributed by atoms with van der Waals surface area (Å²) in [5.41, 5.74) is 2.07. The van der Waals surface area contributed by atoms with Crippen molar-refractivity contribution in [2.45, 2.75) is 11.1 Å². The van der Waals surface area contributed by atoms with Gasteiger partial charge in [0.05, 0.1) is 54.7 Å². The van der Waals surface area contributed by atoms with Crippen LogP contribution in [0.4, 0.5) is 5.69 Å². The molecule has 2 aliphatic rings. The zero-order valence-corrected chi connectivity index (χ0v) is 31.0. The Morgan fingerprint density at radius 1 is 0.745 bits per heavy atom. The predicted octanol–water partition coefficient (Wildman–Crippen LogP) is 5.16. The molecule has 55 heavy (non-hydrogen) atoms. The topological polar surface area (TPSA) is 162 Å². The summed E-state index contributed by atoms with van der Waals surface area (Å²) in [4.78, 5) is 26.6. The summed E-state index contributed by atoms with van der Waals surface area (Å²) in [5, 5.41) is 18.2. The highest BCUT2D eigenvalue weighted by Crippen LogP contribution is 2.45. The summed E-state index contributed by atoms with van der Waals surface area (Å²) in [6.07, 6.45) is 0.787. The molecule has 1 unspecified atom stereocenters. The fraction of sp³-hybridized carbons (Fsp3) is 0.268. The SMILES string of the molecule is CS(=O)(=O)c1cccc(O)c1-c1ccc2ccccc2c1Oc1ccc(OCCOCCOCCOC2CNCCN2c2cccc3c2C(=O)NC3=O)cc1. The maximum atomic E-state index is 12.7. The maximum absolute atomic E-state index is 12.7. The van der Waals surface area contributed by atoms with Crippen LogP contribution in [0.3, 0.4) is 0 Å². The first kappa shape index (κ1) is 37.8. The van der Waals surface area contributed by atoms with E-state index in [0.29, 0.717) is 92.4 Å². The van der Waals surface area contributed by atoms with E-state index in [-0.39, 0.29) is 28.3 Å². The molecular weight excluding hydrogens is 727 g/mol. The van der Waals surface area contributed by atoms with Gasteiger partial charge >= 0.3 is 0 Å². The lowest BCUT2D eigenvalue weighted by Crippen LogP contribution is -2.53. The average molecular weight is 768 g/mol. The van der Waals surface area contributed by atoms with Gasteiger partial charge in [0.1, 0.15) is 35.8 Å². The molecule has 2 heterocycles. The van der Waals surface area contributed by atoms with Gasteiger partial charge in [-0.15, -0.1) is 0 Å². The smallest absolute Gasteiger partial charge is 0.261 e. The molecule has 7 rings (SSSR count). The van der Waals surface area contributed by atoms with E-state index in [1.165, 1.54) is 18.2 Å². The number of imide groups is 1. The van der Waals surface area contributed by atoms with Crippen molar-refractivity contribution in [2.75, 3.05) is 70.4 Å². The first-order valence-corrected chi connectivity index (χ1v) is 19.8. The number of piperazine rings is 1. The molecule has 0 bridgehead atoms. The van der Waals surface area contributed by atoms with Crippen molar-refractivity contribution in [3.8, 4) is 34.1 Å². The first-order chi connectivity index (χ1) is 26.7. The Balaban J connectivity index is 0.861. The van der Waals surface area contributed by atoms with Crippen molar-refractivity contribution in [1.29, 1.82) is 0 Å². The van der Waals surface area contributed by atoms with Gasteiger partial charge in [-0.3, -0.25) is 14.9 Å². The summed E-state index contributed by atoms with van der Waals surface area (Å²) < 4.78 is 55.1. The molecule has 1 atom stereocenters. The third-order valence-corrected chi connectivity index (χ3v) is 10.4. The van der Waals surface area contributed by atoms with E-state index in [1.807, 2.05) is 41.3 Å². The van der Waals surface area contributed by atoms with Crippen molar-refractivity contribution in [3.05, 3.63) is 108 Å². The van der Waals surface area contributed by atoms with Crippen molar-refractivity contribution >= 4 is 38.1 Å². The van der Waals surface area contributed by atoms with Crippen molar-refractivity contribution in [3.63, 3.8) is 0 Å². The van der Waals surface area contributed by atoms with E-state index >= 15 is 0 Å². The van der Waals surface area contributed by atoms with Crippen LogP contribution in [0.25, 0.3) is 21.9 Å². The van der Waals surface area contributed by atoms with Gasteiger partial charge in [-0.05, 0) is 60.0 Å². The Hall–Kier alpha value is -5.51. The summed E-state index contributed by atoms with van der Waals surface area (Å²) in [5.74, 6) is 0.584. The van der Waals surface area contributed by atoms with E-state index in [1.54, 1.807) is 42.5 Å². The summed E-state index contributed by atoms with van der Waals surface area (Å²) in [6.45, 7) is 4.02. The van der Waals surface area contributed by atoms with Crippen LogP contribution in [-0.2, 0) is 24.0 Å². The molecule has 5 aromatic carbocycles. The second-order valence-corrected chi connectivity index (χ2v) is 14.9. The monoisotopic (exact) mass is 767 g/mol. The molecule has 286 valence electrons. The molecule has 5 aromatic rings. The summed E-state index contributed by atoms with van der Waals surface area (Å²) in [6, 6.07) is 28.0. The molecule has 0 radical (unpaired) electrons. The molecule has 13 nitrogen and oxygen atoms in total. The number of aromatic hydroxyl groups is 1. The second-order valence-electron chi connectivity index (χ2n) is 12.9. The lowest BCUT2D eigenvalue weighted by atomic mass is 9.98. The van der Waals surface area contributed by atoms with Crippen LogP contribution in [0, 0.1) is 0 Å². The number of nitrogens with one attached hydrogen (secondary N) is 2. The Labute approximate surface area is 318 Å². The second kappa shape index (κ2) is 16.9. The molecule has 3 N–H and O–H groups in total. The van der Waals surface area contributed by atoms with Gasteiger partial charge in [-0.1, -0.05) is 42.5 Å². The molecule has 0 aliphatic carbocycles. The minimum Gasteiger partial charge on any atom is -0.507 e. The third kappa shape index (κ3) is 8.58. The summed E-state index contributed by atoms with van der Waals surface area (Å²) in [7, 11) is -3.67. The summed E-state index contributed by atoms with van der Waals surface area (Å²) >= 11 is 0. The first-order valence-electron chi connectivity index (χ1n) is 17.9. The van der Waals surface area contributed by atoms with E-state index in [4.69, 9.17) is 23.7 Å². The molecular formula is C41H41N3O10S. The minimum atomic E-state index is -3.67. The number of amides is 2. The molecule has 0 aromatic heterocycles. The fourth-order valence-electron chi connectivity index (χ4n) is 6.70. The Kier molecular flexibility index (Phi) is 11.6. The average Bonchev–Trinajstić information content (AvgIpc) is 3.48. The molecule has 1 saturated heterocycles. The number of sulfone groups is 1. The van der Waals surface area contributed by atoms with Crippen molar-refractivity contribution < 1.29 is 46.8 Å². The number of phenols is 1. The number of hydrogen-bond donors (Lipinski definition) is 3. The number of rotatable bonds is 16. The van der Waals surface area contributed by atoms with Gasteiger partial charge in [0.2, 0.25) is 0 Å². The van der Waals surface area contributed by atoms with Crippen LogP contribution in [0.5, 0.6) is 23.0 Å². The number of carbonyl (C=O) groups excluding carboxylic acids is 2. The van der Waals surface area contributed by atoms with Crippen LogP contribution in [0.15, 0.2) is 102 Å². The molecule has 0 spiro atoms. The van der Waals surface area contributed by atoms with E-state index in [2.05, 4.69) is 10.6 Å². The van der Waals surface area contributed by atoms with Gasteiger partial charge in [0, 0.05) is 42.4 Å². The van der Waals surface area contributed by atoms with Gasteiger partial charge in [-0.25, -0.2) is 8.42 Å². The predicted molar refractivity (Wildman–Crippen MR) is 206 cm³/mol. The van der Waals surface area contributed by atoms with Gasteiger partial charge in [-0.2, -0.15) is 0 Å². The number of anilines is 1. The van der Waals surface area contributed by atoms with Crippen LogP contribution in [0.1, 0.15) is 20.7 Å². The van der Waals surface area contributed by atoms with E-state index in [9.17, 15) is 23.1 Å². The highest BCUT2D eigenvalue weighted by molar-refractivity contribution is 7.90. The zero-order chi connectivity index (χ0) is 38.4. The number of nitrogens with zero attached hydrogens (tertiary/aromatic N) is 1. The molecule has 1 fully saturated rings. The Bertz CT molecular complexity index is 2300. The molecule has 2 amide bonds. The van der Waals surface area contributed by atoms with Crippen molar-refractivity contribution in [2.24, 2.45) is 0 Å². The molecule has 0 saturated carbocycles. The number of carbonyl (C=O) groups is 2. The van der Waals surface area contributed by atoms with Gasteiger partial charge < -0.3 is 39.0 Å². The quantitative estimate of drug-likeness (QED) is 0.0896. The molecule has 14 heteroatoms. The largest absolute Gasteiger partial charge is 0.507 e. The van der Waals surface area contributed by atoms with Crippen LogP contribution >= 0.6 is 0 Å². The lowest BCUT2D eigenvalue weighted by Gasteiger charge is -2.38. The number of benzene rings is 5. The number of hydrogen-bond acceptors (Lipinski definition) is 12. The van der Waals surface area contributed by atoms with Crippen LogP contribution < -0.4 is 25.0 Å². The van der Waals surface area contributed by atoms with E-state index in [0.717, 1.165) is 23.6 Å². The normalized spacial score (nSPS) is 15.6. The minimum absolute atomic E-state index is 0.00400. The number of fused-ring (bicyclic) bond motifs is 2. The molecule has 2 aliphatic heterocycles. The van der Waals surface area contributed by atoms with Crippen LogP contribution in [-0.4, -0.2) is 97.1 Å². The van der Waals surface area contributed by atoms with Gasteiger partial charge in [0.25, 0.3) is 11.8 Å². The van der Waals surface area contributed by atoms with Crippen LogP contribution in [0.2, 0.25) is 0 Å². The number of phenolic OH excluding ortho intramolecular Hbond substituents is 1. The van der Waals surface area contributed by atoms with Gasteiger partial charge in [0.15, 0.2) is 9.84 Å². The lowest BCUT2D eigenvalue weighted by molar-refractivity contribution is -0.0168. The highest BCUT2D eigenvalue weighted by Gasteiger charge is 2.34. The maximum Gasteiger partial charge on any atom is 0.261 e. The standard InChI is InChI=1S/C41H41N3O10S/c1-55(48,49)35-11-5-10-34(45)38(35)31-17-12-27-6-2-3-7-30(27)39(31)54-29-15-13-28(14-16-29)52-24-22-50-20-21-51-23-25-53-36-26-42-18-19-44(36)33-9-4-8-32-37(33)41(47)43-40(32)46/h2-17,36,42,45H,18-26H2,1H3,(H,43,46,47). The Morgan fingerprint density at radius 3 is 2.27 bits per heavy atom. The third-order valence-electron chi connectivity index (χ3n) is 9.25. The van der Waals surface area contributed by atoms with E-state index < -0.39 is 15.7 Å². The Morgan fingerprint density at radius 2 is 1.47 bits per heavy atom.